The van der Waals surface area contributed by atoms with Crippen LogP contribution in [0.2, 0.25) is 5.02 Å². The highest BCUT2D eigenvalue weighted by Gasteiger charge is 2.27. The molecule has 1 heterocycles. The summed E-state index contributed by atoms with van der Waals surface area (Å²) in [6.07, 6.45) is 0.752. The summed E-state index contributed by atoms with van der Waals surface area (Å²) in [6, 6.07) is 6.44. The number of nitrogens with one attached hydrogen (secondary N) is 1. The summed E-state index contributed by atoms with van der Waals surface area (Å²) in [5.74, 6) is 0.174. The minimum absolute atomic E-state index is 0.0487. The van der Waals surface area contributed by atoms with E-state index in [-0.39, 0.29) is 5.92 Å². The van der Waals surface area contributed by atoms with Gasteiger partial charge in [0.1, 0.15) is 0 Å². The molecule has 3 amide bonds. The topological polar surface area (TPSA) is 112 Å². The number of nitrogens with zero attached hydrogens (tertiary/aromatic N) is 3. The van der Waals surface area contributed by atoms with Gasteiger partial charge >= 0.3 is 6.03 Å². The minimum atomic E-state index is -0.875. The monoisotopic (exact) mass is 425 g/mol. The second kappa shape index (κ2) is 10.4. The molecular formula is C18H24ClN5O3S. The first-order chi connectivity index (χ1) is 13.3. The number of imide groups is 1. The van der Waals surface area contributed by atoms with Crippen LogP contribution in [0, 0.1) is 5.92 Å². The van der Waals surface area contributed by atoms with E-state index in [1.165, 1.54) is 11.8 Å². The molecule has 0 aliphatic carbocycles. The molecule has 0 bridgehead atoms. The number of thioether (sulfide) groups is 1. The van der Waals surface area contributed by atoms with Crippen molar-refractivity contribution in [3.63, 3.8) is 0 Å². The Morgan fingerprint density at radius 2 is 1.96 bits per heavy atom. The fourth-order valence-electron chi connectivity index (χ4n) is 2.56. The van der Waals surface area contributed by atoms with Crippen LogP contribution in [0.3, 0.4) is 0 Å². The van der Waals surface area contributed by atoms with Gasteiger partial charge in [0.15, 0.2) is 11.0 Å². The van der Waals surface area contributed by atoms with Crippen molar-refractivity contribution in [1.82, 2.24) is 20.1 Å². The van der Waals surface area contributed by atoms with Crippen LogP contribution >= 0.6 is 23.4 Å². The molecule has 2 rings (SSSR count). The number of primary amides is 1. The third-order valence-electron chi connectivity index (χ3n) is 3.89. The lowest BCUT2D eigenvalue weighted by Gasteiger charge is -2.19. The fourth-order valence-corrected chi connectivity index (χ4v) is 3.74. The predicted octanol–water partition coefficient (Wildman–Crippen LogP) is 2.95. The highest BCUT2D eigenvalue weighted by Crippen LogP contribution is 2.31. The quantitative estimate of drug-likeness (QED) is 0.471. The molecule has 0 radical (unpaired) electrons. The Morgan fingerprint density at radius 3 is 2.54 bits per heavy atom. The smallest absolute Gasteiger partial charge is 0.318 e. The fraction of sp³-hybridized carbons (Fsp3) is 0.444. The van der Waals surface area contributed by atoms with Crippen molar-refractivity contribution < 1.29 is 14.3 Å². The van der Waals surface area contributed by atoms with Gasteiger partial charge < -0.3 is 15.0 Å². The van der Waals surface area contributed by atoms with Crippen LogP contribution in [0.4, 0.5) is 4.79 Å². The molecule has 0 spiro atoms. The lowest BCUT2D eigenvalue weighted by molar-refractivity contribution is -0.120. The maximum absolute atomic E-state index is 12.4. The molecule has 8 nitrogen and oxygen atoms in total. The van der Waals surface area contributed by atoms with E-state index in [4.69, 9.17) is 22.1 Å². The van der Waals surface area contributed by atoms with Crippen LogP contribution in [0.25, 0.3) is 11.4 Å². The molecule has 0 fully saturated rings. The molecule has 0 aliphatic heterocycles. The Balaban J connectivity index is 2.34. The van der Waals surface area contributed by atoms with Crippen LogP contribution in [-0.2, 0) is 16.1 Å². The van der Waals surface area contributed by atoms with Gasteiger partial charge in [-0.25, -0.2) is 4.79 Å². The zero-order valence-electron chi connectivity index (χ0n) is 16.0. The molecule has 0 saturated heterocycles. The molecule has 1 aromatic heterocycles. The Bertz CT molecular complexity index is 810. The highest BCUT2D eigenvalue weighted by atomic mass is 35.5. The van der Waals surface area contributed by atoms with Gasteiger partial charge in [-0.2, -0.15) is 0 Å². The lowest BCUT2D eigenvalue weighted by Crippen LogP contribution is -2.42. The van der Waals surface area contributed by atoms with Crippen LogP contribution in [0.1, 0.15) is 20.3 Å². The minimum Gasteiger partial charge on any atom is -0.385 e. The van der Waals surface area contributed by atoms with Gasteiger partial charge in [0.2, 0.25) is 5.91 Å². The first-order valence-corrected chi connectivity index (χ1v) is 10.0. The predicted molar refractivity (Wildman–Crippen MR) is 109 cm³/mol. The van der Waals surface area contributed by atoms with Gasteiger partial charge in [-0.05, 0) is 36.6 Å². The average molecular weight is 426 g/mol. The van der Waals surface area contributed by atoms with E-state index in [2.05, 4.69) is 15.5 Å². The number of methoxy groups -OCH3 is 1. The molecule has 0 saturated carbocycles. The van der Waals surface area contributed by atoms with Crippen LogP contribution in [0.15, 0.2) is 29.4 Å². The number of ether oxygens (including phenoxy) is 1. The summed E-state index contributed by atoms with van der Waals surface area (Å²) in [5.41, 5.74) is 5.95. The summed E-state index contributed by atoms with van der Waals surface area (Å²) in [7, 11) is 1.64. The first kappa shape index (κ1) is 22.2. The van der Waals surface area contributed by atoms with E-state index in [1.807, 2.05) is 30.5 Å². The number of aromatic nitrogens is 3. The summed E-state index contributed by atoms with van der Waals surface area (Å²) < 4.78 is 7.09. The largest absolute Gasteiger partial charge is 0.385 e. The standard InChI is InChI=1S/C18H24ClN5O3S/c1-11(2)14(16(25)21-17(20)26)28-18-23-22-15(24(18)9-4-10-27-3)12-5-7-13(19)8-6-12/h5-8,11,14H,4,9-10H2,1-3H3,(H3,20,21,25,26). The zero-order valence-corrected chi connectivity index (χ0v) is 17.6. The van der Waals surface area contributed by atoms with Crippen LogP contribution in [-0.4, -0.2) is 45.7 Å². The van der Waals surface area contributed by atoms with Gasteiger partial charge in [-0.1, -0.05) is 37.2 Å². The van der Waals surface area contributed by atoms with E-state index < -0.39 is 17.2 Å². The molecule has 0 aliphatic rings. The number of carbonyl (C=O) groups excluding carboxylic acids is 2. The van der Waals surface area contributed by atoms with Crippen molar-refractivity contribution >= 4 is 35.3 Å². The number of amides is 3. The maximum atomic E-state index is 12.4. The van der Waals surface area contributed by atoms with Crippen molar-refractivity contribution in [2.24, 2.45) is 11.7 Å². The van der Waals surface area contributed by atoms with E-state index in [9.17, 15) is 9.59 Å². The average Bonchev–Trinajstić information content (AvgIpc) is 3.02. The lowest BCUT2D eigenvalue weighted by atomic mass is 10.1. The number of benzene rings is 1. The molecular weight excluding hydrogens is 402 g/mol. The van der Waals surface area contributed by atoms with Crippen LogP contribution < -0.4 is 11.1 Å². The number of halogens is 1. The highest BCUT2D eigenvalue weighted by molar-refractivity contribution is 8.00. The van der Waals surface area contributed by atoms with Gasteiger partial charge in [0.25, 0.3) is 0 Å². The van der Waals surface area contributed by atoms with Crippen LogP contribution in [0.5, 0.6) is 0 Å². The Labute approximate surface area is 173 Å². The number of urea groups is 1. The summed E-state index contributed by atoms with van der Waals surface area (Å²) in [5, 5.41) is 11.4. The van der Waals surface area contributed by atoms with E-state index in [1.54, 1.807) is 19.2 Å². The van der Waals surface area contributed by atoms with Crippen molar-refractivity contribution in [2.75, 3.05) is 13.7 Å². The number of hydrogen-bond donors (Lipinski definition) is 2. The Kier molecular flexibility index (Phi) is 8.28. The van der Waals surface area contributed by atoms with E-state index in [0.717, 1.165) is 12.0 Å². The van der Waals surface area contributed by atoms with Crippen molar-refractivity contribution in [3.8, 4) is 11.4 Å². The molecule has 3 N–H and O–H groups in total. The maximum Gasteiger partial charge on any atom is 0.318 e. The number of nitrogens with two attached hydrogens (primary N) is 1. The molecule has 152 valence electrons. The summed E-state index contributed by atoms with van der Waals surface area (Å²) in [6.45, 7) is 4.98. The molecule has 2 aromatic rings. The second-order valence-corrected chi connectivity index (χ2v) is 7.99. The summed E-state index contributed by atoms with van der Waals surface area (Å²) >= 11 is 7.23. The van der Waals surface area contributed by atoms with Gasteiger partial charge in [0, 0.05) is 30.8 Å². The van der Waals surface area contributed by atoms with Gasteiger partial charge in [-0.3, -0.25) is 10.1 Å². The van der Waals surface area contributed by atoms with E-state index >= 15 is 0 Å². The summed E-state index contributed by atoms with van der Waals surface area (Å²) in [4.78, 5) is 23.4. The Morgan fingerprint density at radius 1 is 1.29 bits per heavy atom. The normalized spacial score (nSPS) is 12.2. The molecule has 10 heteroatoms. The molecule has 1 unspecified atom stereocenters. The number of carbonyl (C=O) groups is 2. The van der Waals surface area contributed by atoms with Crippen molar-refractivity contribution in [1.29, 1.82) is 0 Å². The molecule has 1 aromatic carbocycles. The SMILES string of the molecule is COCCCn1c(SC(C(=O)NC(N)=O)C(C)C)nnc1-c1ccc(Cl)cc1. The van der Waals surface area contributed by atoms with E-state index in [0.29, 0.717) is 29.2 Å². The molecule has 1 atom stereocenters. The van der Waals surface area contributed by atoms with Crippen molar-refractivity contribution in [3.05, 3.63) is 29.3 Å². The number of hydrogen-bond acceptors (Lipinski definition) is 6. The Hall–Kier alpha value is -2.10. The molecule has 28 heavy (non-hydrogen) atoms. The van der Waals surface area contributed by atoms with Gasteiger partial charge in [0.05, 0.1) is 5.25 Å². The van der Waals surface area contributed by atoms with Gasteiger partial charge in [-0.15, -0.1) is 10.2 Å². The third kappa shape index (κ3) is 5.95. The number of rotatable bonds is 9. The second-order valence-electron chi connectivity index (χ2n) is 6.45. The third-order valence-corrected chi connectivity index (χ3v) is 5.67. The first-order valence-electron chi connectivity index (χ1n) is 8.78. The van der Waals surface area contributed by atoms with Crippen molar-refractivity contribution in [2.45, 2.75) is 37.2 Å². The zero-order chi connectivity index (χ0) is 20.7.